The Kier molecular flexibility index (Phi) is 2.47. The van der Waals surface area contributed by atoms with Crippen molar-refractivity contribution in [2.75, 3.05) is 0 Å². The Morgan fingerprint density at radius 2 is 2.08 bits per heavy atom. The Hall–Kier alpha value is -0.500. The van der Waals surface area contributed by atoms with Crippen molar-refractivity contribution in [3.8, 4) is 0 Å². The summed E-state index contributed by atoms with van der Waals surface area (Å²) in [6.45, 7) is 8.34. The molecule has 0 radical (unpaired) electrons. The van der Waals surface area contributed by atoms with E-state index in [0.717, 1.165) is 17.3 Å². The average molecular weight is 187 g/mol. The number of hydrogen-bond acceptors (Lipinski definition) is 1. The minimum absolute atomic E-state index is 0.0233. The first-order valence-electron chi connectivity index (χ1n) is 4.20. The van der Waals surface area contributed by atoms with Gasteiger partial charge in [0, 0.05) is 0 Å². The minimum Gasteiger partial charge on any atom is -0.249 e. The van der Waals surface area contributed by atoms with Crippen LogP contribution in [0.5, 0.6) is 0 Å². The number of aromatic nitrogens is 2. The summed E-state index contributed by atoms with van der Waals surface area (Å²) in [7, 11) is 0. The Morgan fingerprint density at radius 3 is 2.33 bits per heavy atom. The number of rotatable bonds is 1. The molecule has 1 heterocycles. The number of nitrogens with zero attached hydrogens (tertiary/aromatic N) is 2. The van der Waals surface area contributed by atoms with Crippen molar-refractivity contribution in [2.24, 2.45) is 0 Å². The minimum atomic E-state index is -0.0233. The first kappa shape index (κ1) is 9.59. The van der Waals surface area contributed by atoms with Crippen molar-refractivity contribution in [3.63, 3.8) is 0 Å². The van der Waals surface area contributed by atoms with Gasteiger partial charge in [-0.1, -0.05) is 18.5 Å². The van der Waals surface area contributed by atoms with E-state index < -0.39 is 0 Å². The average Bonchev–Trinajstić information content (AvgIpc) is 2.29. The second kappa shape index (κ2) is 3.09. The first-order chi connectivity index (χ1) is 5.45. The van der Waals surface area contributed by atoms with Crippen LogP contribution in [0, 0.1) is 0 Å². The highest BCUT2D eigenvalue weighted by Crippen LogP contribution is 2.21. The molecule has 1 aromatic rings. The third kappa shape index (κ3) is 1.81. The Bertz CT molecular complexity index is 271. The van der Waals surface area contributed by atoms with Crippen LogP contribution in [0.4, 0.5) is 0 Å². The van der Waals surface area contributed by atoms with Crippen LogP contribution in [0.2, 0.25) is 5.15 Å². The van der Waals surface area contributed by atoms with E-state index in [9.17, 15) is 0 Å². The molecule has 0 spiro atoms. The van der Waals surface area contributed by atoms with Crippen LogP contribution >= 0.6 is 11.6 Å². The first-order valence-corrected chi connectivity index (χ1v) is 4.58. The van der Waals surface area contributed by atoms with Gasteiger partial charge < -0.3 is 0 Å². The molecule has 0 amide bonds. The second-order valence-electron chi connectivity index (χ2n) is 3.89. The third-order valence-corrected chi connectivity index (χ3v) is 1.98. The van der Waals surface area contributed by atoms with E-state index in [2.05, 4.69) is 32.8 Å². The maximum Gasteiger partial charge on any atom is 0.127 e. The van der Waals surface area contributed by atoms with Gasteiger partial charge in [-0.25, -0.2) is 4.68 Å². The number of halogens is 1. The molecule has 0 unspecified atom stereocenters. The van der Waals surface area contributed by atoms with E-state index in [0.29, 0.717) is 0 Å². The van der Waals surface area contributed by atoms with Crippen LogP contribution in [0.3, 0.4) is 0 Å². The van der Waals surface area contributed by atoms with Gasteiger partial charge in [-0.2, -0.15) is 5.10 Å². The molecule has 0 atom stereocenters. The summed E-state index contributed by atoms with van der Waals surface area (Å²) in [5.41, 5.74) is 1.03. The van der Waals surface area contributed by atoms with Crippen LogP contribution in [0.15, 0.2) is 6.07 Å². The second-order valence-corrected chi connectivity index (χ2v) is 4.28. The standard InChI is InChI=1S/C9H15ClN2/c1-5-7-6-8(10)12(11-7)9(2,3)4/h6H,5H2,1-4H3. The fraction of sp³-hybridized carbons (Fsp3) is 0.667. The smallest absolute Gasteiger partial charge is 0.127 e. The molecule has 0 N–H and O–H groups in total. The maximum atomic E-state index is 6.01. The normalized spacial score (nSPS) is 12.1. The van der Waals surface area contributed by atoms with Gasteiger partial charge in [0.05, 0.1) is 11.2 Å². The monoisotopic (exact) mass is 186 g/mol. The van der Waals surface area contributed by atoms with Gasteiger partial charge in [-0.3, -0.25) is 0 Å². The summed E-state index contributed by atoms with van der Waals surface area (Å²) < 4.78 is 1.85. The molecular weight excluding hydrogens is 172 g/mol. The molecule has 3 heteroatoms. The molecule has 0 aromatic carbocycles. The molecule has 1 rings (SSSR count). The molecule has 0 saturated carbocycles. The quantitative estimate of drug-likeness (QED) is 0.660. The summed E-state index contributed by atoms with van der Waals surface area (Å²) in [4.78, 5) is 0. The molecule has 0 fully saturated rings. The molecule has 0 bridgehead atoms. The van der Waals surface area contributed by atoms with Gasteiger partial charge in [0.15, 0.2) is 0 Å². The van der Waals surface area contributed by atoms with E-state index >= 15 is 0 Å². The molecular formula is C9H15ClN2. The molecule has 12 heavy (non-hydrogen) atoms. The van der Waals surface area contributed by atoms with Crippen molar-refractivity contribution >= 4 is 11.6 Å². The molecule has 0 aliphatic heterocycles. The maximum absolute atomic E-state index is 6.01. The van der Waals surface area contributed by atoms with Gasteiger partial charge >= 0.3 is 0 Å². The molecule has 1 aromatic heterocycles. The summed E-state index contributed by atoms with van der Waals surface area (Å²) in [6.07, 6.45) is 0.933. The lowest BCUT2D eigenvalue weighted by Gasteiger charge is -2.20. The van der Waals surface area contributed by atoms with Crippen molar-refractivity contribution < 1.29 is 0 Å². The van der Waals surface area contributed by atoms with E-state index in [1.807, 2.05) is 10.7 Å². The zero-order chi connectivity index (χ0) is 9.35. The fourth-order valence-electron chi connectivity index (χ4n) is 1.05. The summed E-state index contributed by atoms with van der Waals surface area (Å²) >= 11 is 6.01. The lowest BCUT2D eigenvalue weighted by Crippen LogP contribution is -2.23. The van der Waals surface area contributed by atoms with Crippen LogP contribution in [-0.2, 0) is 12.0 Å². The zero-order valence-corrected chi connectivity index (χ0v) is 8.81. The van der Waals surface area contributed by atoms with E-state index in [-0.39, 0.29) is 5.54 Å². The van der Waals surface area contributed by atoms with Gasteiger partial charge in [-0.05, 0) is 33.3 Å². The van der Waals surface area contributed by atoms with Crippen LogP contribution in [0.1, 0.15) is 33.4 Å². The Morgan fingerprint density at radius 1 is 1.50 bits per heavy atom. The lowest BCUT2D eigenvalue weighted by atomic mass is 10.1. The zero-order valence-electron chi connectivity index (χ0n) is 8.06. The van der Waals surface area contributed by atoms with Crippen LogP contribution in [-0.4, -0.2) is 9.78 Å². The van der Waals surface area contributed by atoms with Crippen molar-refractivity contribution in [1.29, 1.82) is 0 Å². The summed E-state index contributed by atoms with van der Waals surface area (Å²) in [5.74, 6) is 0. The van der Waals surface area contributed by atoms with E-state index in [1.165, 1.54) is 0 Å². The molecule has 68 valence electrons. The summed E-state index contributed by atoms with van der Waals surface area (Å²) in [6, 6.07) is 1.92. The van der Waals surface area contributed by atoms with Gasteiger partial charge in [-0.15, -0.1) is 0 Å². The van der Waals surface area contributed by atoms with E-state index in [1.54, 1.807) is 0 Å². The SMILES string of the molecule is CCc1cc(Cl)n(C(C)(C)C)n1. The Labute approximate surface area is 78.5 Å². The highest BCUT2D eigenvalue weighted by Gasteiger charge is 2.17. The third-order valence-electron chi connectivity index (χ3n) is 1.71. The number of aryl methyl sites for hydroxylation is 1. The lowest BCUT2D eigenvalue weighted by molar-refractivity contribution is 0.354. The van der Waals surface area contributed by atoms with Gasteiger partial charge in [0.1, 0.15) is 5.15 Å². The molecule has 2 nitrogen and oxygen atoms in total. The van der Waals surface area contributed by atoms with Gasteiger partial charge in [0.2, 0.25) is 0 Å². The largest absolute Gasteiger partial charge is 0.249 e. The van der Waals surface area contributed by atoms with Crippen LogP contribution in [0.25, 0.3) is 0 Å². The highest BCUT2D eigenvalue weighted by atomic mass is 35.5. The highest BCUT2D eigenvalue weighted by molar-refractivity contribution is 6.29. The van der Waals surface area contributed by atoms with E-state index in [4.69, 9.17) is 11.6 Å². The van der Waals surface area contributed by atoms with Crippen molar-refractivity contribution in [2.45, 2.75) is 39.7 Å². The topological polar surface area (TPSA) is 17.8 Å². The van der Waals surface area contributed by atoms with Gasteiger partial charge in [0.25, 0.3) is 0 Å². The fourth-order valence-corrected chi connectivity index (χ4v) is 1.46. The predicted octanol–water partition coefficient (Wildman–Crippen LogP) is 2.85. The molecule has 0 aliphatic carbocycles. The predicted molar refractivity (Wildman–Crippen MR) is 51.6 cm³/mol. The Balaban J connectivity index is 3.08. The molecule has 0 saturated heterocycles. The van der Waals surface area contributed by atoms with Crippen molar-refractivity contribution in [1.82, 2.24) is 9.78 Å². The van der Waals surface area contributed by atoms with Crippen LogP contribution < -0.4 is 0 Å². The summed E-state index contributed by atoms with van der Waals surface area (Å²) in [5, 5.41) is 5.11. The molecule has 0 aliphatic rings. The number of hydrogen-bond donors (Lipinski definition) is 0. The van der Waals surface area contributed by atoms with Crippen molar-refractivity contribution in [3.05, 3.63) is 16.9 Å².